The second kappa shape index (κ2) is 10.5. The number of aromatic nitrogens is 1. The Bertz CT molecular complexity index is 1090. The molecule has 0 unspecified atom stereocenters. The van der Waals surface area contributed by atoms with Crippen LogP contribution in [0.15, 0.2) is 85.2 Å². The van der Waals surface area contributed by atoms with E-state index < -0.39 is 36.0 Å². The van der Waals surface area contributed by atoms with Gasteiger partial charge in [0.1, 0.15) is 0 Å². The Morgan fingerprint density at radius 3 is 1.75 bits per heavy atom. The van der Waals surface area contributed by atoms with Crippen LogP contribution < -0.4 is 5.32 Å². The lowest BCUT2D eigenvalue weighted by molar-refractivity contribution is -0.157. The van der Waals surface area contributed by atoms with Crippen LogP contribution in [0.3, 0.4) is 0 Å². The molecule has 9 nitrogen and oxygen atoms in total. The predicted octanol–water partition coefficient (Wildman–Crippen LogP) is 2.56. The van der Waals surface area contributed by atoms with Gasteiger partial charge in [-0.15, -0.1) is 0 Å². The SMILES string of the molecule is O=C(O[C@H](C(=O)O)[C@@H](OC(=O)c1ccccc1)C(=O)Nc1cccnc1)c1ccccc1. The second-order valence-corrected chi connectivity index (χ2v) is 6.45. The number of carbonyl (C=O) groups excluding carboxylic acids is 3. The fourth-order valence-corrected chi connectivity index (χ4v) is 2.66. The maximum Gasteiger partial charge on any atom is 0.349 e. The molecule has 162 valence electrons. The molecule has 0 aliphatic rings. The van der Waals surface area contributed by atoms with Crippen LogP contribution in [0, 0.1) is 0 Å². The van der Waals surface area contributed by atoms with Gasteiger partial charge in [0.15, 0.2) is 0 Å². The summed E-state index contributed by atoms with van der Waals surface area (Å²) >= 11 is 0. The van der Waals surface area contributed by atoms with Crippen LogP contribution >= 0.6 is 0 Å². The van der Waals surface area contributed by atoms with Gasteiger partial charge in [0, 0.05) is 6.20 Å². The summed E-state index contributed by atoms with van der Waals surface area (Å²) in [5.74, 6) is -4.62. The third-order valence-electron chi connectivity index (χ3n) is 4.19. The van der Waals surface area contributed by atoms with Crippen molar-refractivity contribution in [3.05, 3.63) is 96.3 Å². The number of anilines is 1. The lowest BCUT2D eigenvalue weighted by Gasteiger charge is -2.23. The van der Waals surface area contributed by atoms with Crippen molar-refractivity contribution in [3.8, 4) is 0 Å². The van der Waals surface area contributed by atoms with Gasteiger partial charge in [-0.3, -0.25) is 9.78 Å². The predicted molar refractivity (Wildman–Crippen MR) is 112 cm³/mol. The molecule has 2 N–H and O–H groups in total. The molecule has 0 saturated carbocycles. The number of aliphatic carboxylic acids is 1. The third-order valence-corrected chi connectivity index (χ3v) is 4.19. The van der Waals surface area contributed by atoms with E-state index in [0.717, 1.165) is 0 Å². The van der Waals surface area contributed by atoms with E-state index in [1.54, 1.807) is 42.5 Å². The monoisotopic (exact) mass is 434 g/mol. The Morgan fingerprint density at radius 2 is 1.28 bits per heavy atom. The van der Waals surface area contributed by atoms with Crippen molar-refractivity contribution in [1.29, 1.82) is 0 Å². The van der Waals surface area contributed by atoms with E-state index in [0.29, 0.717) is 0 Å². The first kappa shape index (κ1) is 22.2. The van der Waals surface area contributed by atoms with E-state index in [1.807, 2.05) is 0 Å². The van der Waals surface area contributed by atoms with Crippen LogP contribution in [0.2, 0.25) is 0 Å². The molecule has 1 amide bonds. The molecule has 0 fully saturated rings. The molecule has 0 radical (unpaired) electrons. The molecule has 32 heavy (non-hydrogen) atoms. The summed E-state index contributed by atoms with van der Waals surface area (Å²) in [7, 11) is 0. The summed E-state index contributed by atoms with van der Waals surface area (Å²) in [5.41, 5.74) is 0.390. The fourth-order valence-electron chi connectivity index (χ4n) is 2.66. The number of carboxylic acids is 1. The first-order chi connectivity index (χ1) is 15.5. The number of benzene rings is 2. The number of carbonyl (C=O) groups is 4. The van der Waals surface area contributed by atoms with Crippen LogP contribution in [0.5, 0.6) is 0 Å². The molecule has 0 aliphatic heterocycles. The van der Waals surface area contributed by atoms with Crippen molar-refractivity contribution in [2.45, 2.75) is 12.2 Å². The highest BCUT2D eigenvalue weighted by Gasteiger charge is 2.41. The summed E-state index contributed by atoms with van der Waals surface area (Å²) in [5, 5.41) is 12.1. The van der Waals surface area contributed by atoms with Gasteiger partial charge < -0.3 is 19.9 Å². The summed E-state index contributed by atoms with van der Waals surface area (Å²) in [6.45, 7) is 0. The summed E-state index contributed by atoms with van der Waals surface area (Å²) in [6.07, 6.45) is -1.29. The number of esters is 2. The highest BCUT2D eigenvalue weighted by Crippen LogP contribution is 2.15. The summed E-state index contributed by atoms with van der Waals surface area (Å²) < 4.78 is 10.3. The lowest BCUT2D eigenvalue weighted by atomic mass is 10.1. The Labute approximate surface area is 182 Å². The number of hydrogen-bond acceptors (Lipinski definition) is 7. The van der Waals surface area contributed by atoms with Crippen molar-refractivity contribution in [1.82, 2.24) is 4.98 Å². The number of pyridine rings is 1. The van der Waals surface area contributed by atoms with E-state index in [-0.39, 0.29) is 16.8 Å². The van der Waals surface area contributed by atoms with Gasteiger partial charge in [0.2, 0.25) is 12.2 Å². The molecular weight excluding hydrogens is 416 g/mol. The second-order valence-electron chi connectivity index (χ2n) is 6.45. The maximum atomic E-state index is 12.9. The Balaban J connectivity index is 1.88. The van der Waals surface area contributed by atoms with Crippen molar-refractivity contribution >= 4 is 29.5 Å². The maximum absolute atomic E-state index is 12.9. The summed E-state index contributed by atoms with van der Waals surface area (Å²) in [6, 6.07) is 18.4. The zero-order valence-corrected chi connectivity index (χ0v) is 16.6. The number of amides is 1. The number of rotatable bonds is 8. The minimum Gasteiger partial charge on any atom is -0.478 e. The number of carboxylic acid groups (broad SMARTS) is 1. The van der Waals surface area contributed by atoms with Crippen LogP contribution in [-0.4, -0.2) is 46.1 Å². The fraction of sp³-hybridized carbons (Fsp3) is 0.0870. The number of nitrogens with zero attached hydrogens (tertiary/aromatic N) is 1. The van der Waals surface area contributed by atoms with E-state index in [4.69, 9.17) is 9.47 Å². The molecule has 3 rings (SSSR count). The van der Waals surface area contributed by atoms with Crippen molar-refractivity contribution < 1.29 is 33.8 Å². The minimum absolute atomic E-state index is 0.0690. The molecule has 9 heteroatoms. The van der Waals surface area contributed by atoms with Crippen molar-refractivity contribution in [2.75, 3.05) is 5.32 Å². The zero-order chi connectivity index (χ0) is 22.9. The summed E-state index contributed by atoms with van der Waals surface area (Å²) in [4.78, 5) is 53.6. The molecule has 0 bridgehead atoms. The largest absolute Gasteiger partial charge is 0.478 e. The highest BCUT2D eigenvalue weighted by atomic mass is 16.6. The number of hydrogen-bond donors (Lipinski definition) is 2. The zero-order valence-electron chi connectivity index (χ0n) is 16.6. The first-order valence-corrected chi connectivity index (χ1v) is 9.41. The highest BCUT2D eigenvalue weighted by molar-refractivity contribution is 6.01. The molecule has 2 atom stereocenters. The first-order valence-electron chi connectivity index (χ1n) is 9.41. The number of nitrogens with one attached hydrogen (secondary N) is 1. The third kappa shape index (κ3) is 5.76. The molecule has 0 aliphatic carbocycles. The Kier molecular flexibility index (Phi) is 7.26. The molecule has 1 heterocycles. The normalized spacial score (nSPS) is 12.1. The van der Waals surface area contributed by atoms with Crippen LogP contribution in [0.25, 0.3) is 0 Å². The average molecular weight is 434 g/mol. The van der Waals surface area contributed by atoms with E-state index in [9.17, 15) is 24.3 Å². The Hall–Kier alpha value is -4.53. The van der Waals surface area contributed by atoms with Gasteiger partial charge >= 0.3 is 17.9 Å². The Morgan fingerprint density at radius 1 is 0.750 bits per heavy atom. The van der Waals surface area contributed by atoms with Gasteiger partial charge in [-0.1, -0.05) is 36.4 Å². The van der Waals surface area contributed by atoms with Crippen molar-refractivity contribution in [2.24, 2.45) is 0 Å². The lowest BCUT2D eigenvalue weighted by Crippen LogP contribution is -2.48. The standard InChI is InChI=1S/C23H18N2O7/c26-20(25-17-12-7-13-24-14-17)18(31-22(29)15-8-3-1-4-9-15)19(21(27)28)32-23(30)16-10-5-2-6-11-16/h1-14,18-19H,(H,25,26)(H,27,28)/t18-,19+/m1/s1. The topological polar surface area (TPSA) is 132 Å². The van der Waals surface area contributed by atoms with Gasteiger partial charge in [0.05, 0.1) is 23.0 Å². The smallest absolute Gasteiger partial charge is 0.349 e. The van der Waals surface area contributed by atoms with E-state index in [1.165, 1.54) is 42.7 Å². The van der Waals surface area contributed by atoms with Crippen LogP contribution in [0.1, 0.15) is 20.7 Å². The quantitative estimate of drug-likeness (QED) is 0.517. The van der Waals surface area contributed by atoms with Gasteiger partial charge in [-0.05, 0) is 36.4 Å². The molecule has 1 aromatic heterocycles. The van der Waals surface area contributed by atoms with Gasteiger partial charge in [0.25, 0.3) is 5.91 Å². The van der Waals surface area contributed by atoms with Crippen LogP contribution in [0.4, 0.5) is 5.69 Å². The number of ether oxygens (including phenoxy) is 2. The minimum atomic E-state index is -2.10. The van der Waals surface area contributed by atoms with Gasteiger partial charge in [-0.2, -0.15) is 0 Å². The molecular formula is C23H18N2O7. The van der Waals surface area contributed by atoms with Gasteiger partial charge in [-0.25, -0.2) is 14.4 Å². The van der Waals surface area contributed by atoms with E-state index in [2.05, 4.69) is 10.3 Å². The van der Waals surface area contributed by atoms with E-state index >= 15 is 0 Å². The van der Waals surface area contributed by atoms with Crippen LogP contribution in [-0.2, 0) is 19.1 Å². The van der Waals surface area contributed by atoms with Crippen molar-refractivity contribution in [3.63, 3.8) is 0 Å². The molecule has 0 spiro atoms. The molecule has 2 aromatic carbocycles. The molecule has 0 saturated heterocycles. The molecule has 3 aromatic rings. The average Bonchev–Trinajstić information content (AvgIpc) is 2.82.